The Morgan fingerprint density at radius 3 is 3.00 bits per heavy atom. The first kappa shape index (κ1) is 15.7. The van der Waals surface area contributed by atoms with Crippen molar-refractivity contribution in [3.8, 4) is 0 Å². The molecule has 1 atom stereocenters. The van der Waals surface area contributed by atoms with E-state index >= 15 is 0 Å². The molecule has 3 rings (SSSR count). The molecule has 3 amide bonds. The van der Waals surface area contributed by atoms with Crippen LogP contribution in [0.15, 0.2) is 18.3 Å². The number of aromatic nitrogens is 2. The number of urea groups is 1. The molecule has 0 radical (unpaired) electrons. The molecular weight excluding hydrogens is 296 g/mol. The van der Waals surface area contributed by atoms with Gasteiger partial charge in [-0.2, -0.15) is 5.10 Å². The highest BCUT2D eigenvalue weighted by Crippen LogP contribution is 2.23. The monoisotopic (exact) mass is 318 g/mol. The first-order valence-corrected chi connectivity index (χ1v) is 7.96. The number of nitrogens with zero attached hydrogens (tertiary/aromatic N) is 5. The lowest BCUT2D eigenvalue weighted by Gasteiger charge is -2.29. The summed E-state index contributed by atoms with van der Waals surface area (Å²) in [5.74, 6) is 0.767. The molecule has 2 aliphatic heterocycles. The third kappa shape index (κ3) is 3.58. The van der Waals surface area contributed by atoms with E-state index in [4.69, 9.17) is 0 Å². The van der Waals surface area contributed by atoms with Gasteiger partial charge in [0, 0.05) is 38.4 Å². The van der Waals surface area contributed by atoms with E-state index in [1.165, 1.54) is 4.90 Å². The van der Waals surface area contributed by atoms with Crippen molar-refractivity contribution in [2.75, 3.05) is 44.7 Å². The molecule has 124 valence electrons. The van der Waals surface area contributed by atoms with Crippen molar-refractivity contribution in [2.45, 2.75) is 18.9 Å². The number of hydrogen-bond acceptors (Lipinski definition) is 6. The van der Waals surface area contributed by atoms with E-state index < -0.39 is 0 Å². The Kier molecular flexibility index (Phi) is 4.71. The van der Waals surface area contributed by atoms with E-state index in [0.29, 0.717) is 19.1 Å². The standard InChI is InChI=1S/C15H22N6O2/c1-19(8-9-21-14(22)10-16-15(21)23)11-12-4-3-7-20(12)13-5-2-6-17-18-13/h2,5-6,12H,3-4,7-11H2,1H3,(H,16,23)/t12-/m1/s1. The van der Waals surface area contributed by atoms with Gasteiger partial charge in [0.2, 0.25) is 5.91 Å². The number of carbonyl (C=O) groups excluding carboxylic acids is 2. The molecule has 1 aromatic rings. The van der Waals surface area contributed by atoms with Crippen LogP contribution in [0.25, 0.3) is 0 Å². The second-order valence-corrected chi connectivity index (χ2v) is 6.04. The molecule has 0 spiro atoms. The van der Waals surface area contributed by atoms with Crippen molar-refractivity contribution >= 4 is 17.8 Å². The molecule has 2 aliphatic rings. The maximum Gasteiger partial charge on any atom is 0.324 e. The summed E-state index contributed by atoms with van der Waals surface area (Å²) < 4.78 is 0. The summed E-state index contributed by atoms with van der Waals surface area (Å²) in [7, 11) is 2.02. The van der Waals surface area contributed by atoms with Gasteiger partial charge in [0.1, 0.15) is 0 Å². The third-order valence-corrected chi connectivity index (χ3v) is 4.39. The summed E-state index contributed by atoms with van der Waals surface area (Å²) in [6, 6.07) is 3.99. The number of anilines is 1. The van der Waals surface area contributed by atoms with Crippen LogP contribution in [0.4, 0.5) is 10.6 Å². The molecule has 1 aromatic heterocycles. The van der Waals surface area contributed by atoms with Crippen LogP contribution in [0.2, 0.25) is 0 Å². The molecule has 0 saturated carbocycles. The molecule has 0 bridgehead atoms. The molecule has 1 N–H and O–H groups in total. The number of hydrogen-bond donors (Lipinski definition) is 1. The van der Waals surface area contributed by atoms with Crippen molar-refractivity contribution in [3.05, 3.63) is 18.3 Å². The highest BCUT2D eigenvalue weighted by atomic mass is 16.2. The van der Waals surface area contributed by atoms with Gasteiger partial charge in [-0.1, -0.05) is 0 Å². The van der Waals surface area contributed by atoms with E-state index in [9.17, 15) is 9.59 Å². The Morgan fingerprint density at radius 2 is 2.30 bits per heavy atom. The fraction of sp³-hybridized carbons (Fsp3) is 0.600. The summed E-state index contributed by atoms with van der Waals surface area (Å²) in [4.78, 5) is 28.8. The van der Waals surface area contributed by atoms with Gasteiger partial charge in [-0.15, -0.1) is 5.10 Å². The molecule has 2 saturated heterocycles. The first-order valence-electron chi connectivity index (χ1n) is 7.96. The Hall–Kier alpha value is -2.22. The van der Waals surface area contributed by atoms with E-state index in [2.05, 4.69) is 25.3 Å². The maximum atomic E-state index is 11.6. The summed E-state index contributed by atoms with van der Waals surface area (Å²) in [5.41, 5.74) is 0. The summed E-state index contributed by atoms with van der Waals surface area (Å²) in [6.07, 6.45) is 3.94. The van der Waals surface area contributed by atoms with Crippen LogP contribution in [0.1, 0.15) is 12.8 Å². The van der Waals surface area contributed by atoms with Crippen molar-refractivity contribution in [2.24, 2.45) is 0 Å². The topological polar surface area (TPSA) is 81.7 Å². The maximum absolute atomic E-state index is 11.6. The molecular formula is C15H22N6O2. The van der Waals surface area contributed by atoms with E-state index in [1.54, 1.807) is 6.20 Å². The van der Waals surface area contributed by atoms with Crippen molar-refractivity contribution in [3.63, 3.8) is 0 Å². The fourth-order valence-electron chi connectivity index (χ4n) is 3.18. The summed E-state index contributed by atoms with van der Waals surface area (Å²) in [5, 5.41) is 10.7. The zero-order valence-electron chi connectivity index (χ0n) is 13.3. The van der Waals surface area contributed by atoms with E-state index in [1.807, 2.05) is 19.2 Å². The van der Waals surface area contributed by atoms with Gasteiger partial charge < -0.3 is 15.1 Å². The van der Waals surface area contributed by atoms with Crippen molar-refractivity contribution < 1.29 is 9.59 Å². The number of likely N-dealkylation sites (N-methyl/N-ethyl adjacent to an activating group) is 1. The lowest BCUT2D eigenvalue weighted by molar-refractivity contribution is -0.125. The Bertz CT molecular complexity index is 550. The molecule has 8 nitrogen and oxygen atoms in total. The van der Waals surface area contributed by atoms with E-state index in [-0.39, 0.29) is 18.5 Å². The van der Waals surface area contributed by atoms with Crippen LogP contribution < -0.4 is 10.2 Å². The van der Waals surface area contributed by atoms with Gasteiger partial charge in [-0.25, -0.2) is 4.79 Å². The molecule has 0 aliphatic carbocycles. The minimum Gasteiger partial charge on any atom is -0.351 e. The van der Waals surface area contributed by atoms with Gasteiger partial charge >= 0.3 is 6.03 Å². The summed E-state index contributed by atoms with van der Waals surface area (Å²) in [6.45, 7) is 3.08. The predicted octanol–water partition coefficient (Wildman–Crippen LogP) is -0.0710. The predicted molar refractivity (Wildman–Crippen MR) is 85.0 cm³/mol. The largest absolute Gasteiger partial charge is 0.351 e. The molecule has 2 fully saturated rings. The second kappa shape index (κ2) is 6.91. The number of amides is 3. The second-order valence-electron chi connectivity index (χ2n) is 6.04. The highest BCUT2D eigenvalue weighted by Gasteiger charge is 2.30. The minimum atomic E-state index is -0.287. The van der Waals surface area contributed by atoms with Gasteiger partial charge in [-0.05, 0) is 32.0 Å². The quantitative estimate of drug-likeness (QED) is 0.740. The third-order valence-electron chi connectivity index (χ3n) is 4.39. The van der Waals surface area contributed by atoms with Gasteiger partial charge in [0.15, 0.2) is 5.82 Å². The molecule has 0 unspecified atom stereocenters. The van der Waals surface area contributed by atoms with Crippen LogP contribution in [0.5, 0.6) is 0 Å². The SMILES string of the molecule is CN(CCN1C(=O)CNC1=O)C[C@H]1CCCN1c1cccnn1. The van der Waals surface area contributed by atoms with E-state index in [0.717, 1.165) is 31.7 Å². The lowest BCUT2D eigenvalue weighted by Crippen LogP contribution is -2.43. The zero-order chi connectivity index (χ0) is 16.2. The number of nitrogens with one attached hydrogen (secondary N) is 1. The Labute approximate surface area is 135 Å². The Balaban J connectivity index is 1.52. The van der Waals surface area contributed by atoms with Gasteiger partial charge in [0.05, 0.1) is 6.54 Å². The summed E-state index contributed by atoms with van der Waals surface area (Å²) >= 11 is 0. The van der Waals surface area contributed by atoms with Crippen LogP contribution in [0, 0.1) is 0 Å². The van der Waals surface area contributed by atoms with Gasteiger partial charge in [0.25, 0.3) is 0 Å². The number of rotatable bonds is 6. The minimum absolute atomic E-state index is 0.117. The van der Waals surface area contributed by atoms with Crippen LogP contribution in [-0.2, 0) is 4.79 Å². The molecule has 23 heavy (non-hydrogen) atoms. The van der Waals surface area contributed by atoms with Crippen molar-refractivity contribution in [1.82, 2.24) is 25.3 Å². The average molecular weight is 318 g/mol. The van der Waals surface area contributed by atoms with Crippen molar-refractivity contribution in [1.29, 1.82) is 0 Å². The fourth-order valence-corrected chi connectivity index (χ4v) is 3.18. The highest BCUT2D eigenvalue weighted by molar-refractivity contribution is 6.01. The van der Waals surface area contributed by atoms with Gasteiger partial charge in [-0.3, -0.25) is 9.69 Å². The lowest BCUT2D eigenvalue weighted by atomic mass is 10.2. The average Bonchev–Trinajstić information content (AvgIpc) is 3.13. The van der Waals surface area contributed by atoms with Crippen LogP contribution in [0.3, 0.4) is 0 Å². The smallest absolute Gasteiger partial charge is 0.324 e. The van der Waals surface area contributed by atoms with Crippen LogP contribution >= 0.6 is 0 Å². The molecule has 3 heterocycles. The molecule has 0 aromatic carbocycles. The number of imide groups is 1. The number of carbonyl (C=O) groups is 2. The Morgan fingerprint density at radius 1 is 1.43 bits per heavy atom. The van der Waals surface area contributed by atoms with Crippen LogP contribution in [-0.4, -0.2) is 77.7 Å². The zero-order valence-corrected chi connectivity index (χ0v) is 13.3. The normalized spacial score (nSPS) is 21.4. The first-order chi connectivity index (χ1) is 11.1. The molecule has 8 heteroatoms.